The Balaban J connectivity index is 1.37. The molecular weight excluding hydrogens is 450 g/mol. The van der Waals surface area contributed by atoms with Crippen LogP contribution in [0.25, 0.3) is 10.8 Å². The van der Waals surface area contributed by atoms with Crippen molar-refractivity contribution in [1.29, 1.82) is 0 Å². The van der Waals surface area contributed by atoms with Crippen LogP contribution in [0.3, 0.4) is 0 Å². The van der Waals surface area contributed by atoms with Crippen molar-refractivity contribution in [3.63, 3.8) is 0 Å². The van der Waals surface area contributed by atoms with Crippen LogP contribution in [0.5, 0.6) is 11.5 Å². The topological polar surface area (TPSA) is 128 Å². The molecule has 5 rings (SSSR count). The summed E-state index contributed by atoms with van der Waals surface area (Å²) in [5.74, 6) is 1.64. The highest BCUT2D eigenvalue weighted by Gasteiger charge is 2.56. The minimum atomic E-state index is -0.882. The molecular formula is C26H29N3O6. The van der Waals surface area contributed by atoms with E-state index < -0.39 is 12.0 Å². The molecule has 1 aromatic heterocycles. The average Bonchev–Trinajstić information content (AvgIpc) is 3.32. The molecule has 2 aromatic carbocycles. The summed E-state index contributed by atoms with van der Waals surface area (Å²) in [5, 5.41) is 15.3. The molecule has 0 bridgehead atoms. The van der Waals surface area contributed by atoms with Gasteiger partial charge in [-0.3, -0.25) is 4.79 Å². The van der Waals surface area contributed by atoms with Gasteiger partial charge >= 0.3 is 6.09 Å². The molecule has 1 spiro atoms. The quantitative estimate of drug-likeness (QED) is 0.522. The highest BCUT2D eigenvalue weighted by Crippen LogP contribution is 2.56. The van der Waals surface area contributed by atoms with Crippen molar-refractivity contribution in [3.8, 4) is 11.5 Å². The molecule has 0 radical (unpaired) electrons. The lowest BCUT2D eigenvalue weighted by atomic mass is 9.52. The Kier molecular flexibility index (Phi) is 6.00. The summed E-state index contributed by atoms with van der Waals surface area (Å²) in [6.07, 6.45) is 1.94. The van der Waals surface area contributed by atoms with Crippen LogP contribution in [0, 0.1) is 11.3 Å². The number of ether oxygens (including phenoxy) is 2. The summed E-state index contributed by atoms with van der Waals surface area (Å²) in [7, 11) is 0. The molecule has 3 aromatic rings. The number of carbonyl (C=O) groups is 2. The van der Waals surface area contributed by atoms with E-state index in [1.807, 2.05) is 43.3 Å². The molecule has 9 nitrogen and oxygen atoms in total. The third kappa shape index (κ3) is 4.50. The van der Waals surface area contributed by atoms with Gasteiger partial charge < -0.3 is 29.7 Å². The van der Waals surface area contributed by atoms with Crippen LogP contribution in [0.4, 0.5) is 4.79 Å². The number of primary amides is 1. The molecule has 2 heterocycles. The van der Waals surface area contributed by atoms with Crippen LogP contribution in [-0.2, 0) is 6.42 Å². The van der Waals surface area contributed by atoms with Crippen LogP contribution in [0.1, 0.15) is 42.4 Å². The molecule has 2 aliphatic rings. The van der Waals surface area contributed by atoms with E-state index in [9.17, 15) is 14.7 Å². The average molecular weight is 480 g/mol. The molecule has 2 amide bonds. The Morgan fingerprint density at radius 2 is 1.86 bits per heavy atom. The normalized spacial score (nSPS) is 21.0. The van der Waals surface area contributed by atoms with Crippen LogP contribution in [0.15, 0.2) is 47.0 Å². The molecule has 1 saturated heterocycles. The van der Waals surface area contributed by atoms with Crippen molar-refractivity contribution in [2.75, 3.05) is 19.7 Å². The van der Waals surface area contributed by atoms with E-state index in [1.165, 1.54) is 4.90 Å². The zero-order chi connectivity index (χ0) is 24.6. The maximum Gasteiger partial charge on any atom is 0.407 e. The fourth-order valence-corrected chi connectivity index (χ4v) is 5.57. The lowest BCUT2D eigenvalue weighted by Gasteiger charge is -2.57. The lowest BCUT2D eigenvalue weighted by molar-refractivity contribution is -0.122. The first-order valence-corrected chi connectivity index (χ1v) is 11.9. The van der Waals surface area contributed by atoms with Crippen molar-refractivity contribution in [3.05, 3.63) is 53.9 Å². The number of hydrogen-bond acceptors (Lipinski definition) is 6. The maximum absolute atomic E-state index is 11.5. The molecule has 35 heavy (non-hydrogen) atoms. The SMILES string of the molecule is CCOc1ccc2ccc(OC3CC4(CCN(C(=O)O)CC4)C3Cc3cc(C(N)=O)no3)cc2c1. The summed E-state index contributed by atoms with van der Waals surface area (Å²) in [6, 6.07) is 13.6. The number of rotatable bonds is 7. The number of nitrogens with zero attached hydrogens (tertiary/aromatic N) is 2. The molecule has 1 aliphatic carbocycles. The smallest absolute Gasteiger partial charge is 0.407 e. The number of amides is 2. The minimum Gasteiger partial charge on any atom is -0.494 e. The maximum atomic E-state index is 11.5. The Labute approximate surface area is 202 Å². The van der Waals surface area contributed by atoms with Crippen LogP contribution < -0.4 is 15.2 Å². The summed E-state index contributed by atoms with van der Waals surface area (Å²) in [5.41, 5.74) is 5.39. The molecule has 9 heteroatoms. The highest BCUT2D eigenvalue weighted by molar-refractivity contribution is 5.90. The van der Waals surface area contributed by atoms with Crippen LogP contribution in [-0.4, -0.2) is 53.0 Å². The lowest BCUT2D eigenvalue weighted by Crippen LogP contribution is -2.59. The van der Waals surface area contributed by atoms with Crippen molar-refractivity contribution in [2.45, 2.75) is 38.7 Å². The molecule has 3 N–H and O–H groups in total. The van der Waals surface area contributed by atoms with Crippen LogP contribution in [0.2, 0.25) is 0 Å². The number of carboxylic acid groups (broad SMARTS) is 1. The molecule has 2 fully saturated rings. The molecule has 2 atom stereocenters. The Morgan fingerprint density at radius 1 is 1.14 bits per heavy atom. The highest BCUT2D eigenvalue weighted by atomic mass is 16.5. The van der Waals surface area contributed by atoms with Crippen molar-refractivity contribution in [2.24, 2.45) is 17.1 Å². The van der Waals surface area contributed by atoms with Gasteiger partial charge in [0.1, 0.15) is 23.4 Å². The van der Waals surface area contributed by atoms with Gasteiger partial charge in [0, 0.05) is 31.5 Å². The van der Waals surface area contributed by atoms with Gasteiger partial charge in [-0.15, -0.1) is 0 Å². The van der Waals surface area contributed by atoms with E-state index in [1.54, 1.807) is 6.07 Å². The minimum absolute atomic E-state index is 0.0464. The van der Waals surface area contributed by atoms with E-state index in [0.717, 1.165) is 41.5 Å². The molecule has 1 aliphatic heterocycles. The fourth-order valence-electron chi connectivity index (χ4n) is 5.57. The third-order valence-electron chi connectivity index (χ3n) is 7.49. The number of fused-ring (bicyclic) bond motifs is 1. The van der Waals surface area contributed by atoms with E-state index in [2.05, 4.69) is 5.16 Å². The number of aromatic nitrogens is 1. The predicted molar refractivity (Wildman–Crippen MR) is 128 cm³/mol. The summed E-state index contributed by atoms with van der Waals surface area (Å²) >= 11 is 0. The zero-order valence-corrected chi connectivity index (χ0v) is 19.6. The number of likely N-dealkylation sites (tertiary alicyclic amines) is 1. The predicted octanol–water partition coefficient (Wildman–Crippen LogP) is 4.10. The van der Waals surface area contributed by atoms with Gasteiger partial charge in [-0.2, -0.15) is 0 Å². The standard InChI is InChI=1S/C26H29N3O6/c1-2-33-18-5-3-16-4-6-19(12-17(16)11-18)34-23-15-26(7-9-29(10-8-26)25(31)32)21(23)13-20-14-22(24(27)30)28-35-20/h3-6,11-12,14,21,23H,2,7-10,13,15H2,1H3,(H2,27,30)(H,31,32). The van der Waals surface area contributed by atoms with Gasteiger partial charge in [-0.1, -0.05) is 17.3 Å². The van der Waals surface area contributed by atoms with Crippen LogP contribution >= 0.6 is 0 Å². The Morgan fingerprint density at radius 3 is 2.51 bits per heavy atom. The first-order valence-electron chi connectivity index (χ1n) is 11.9. The van der Waals surface area contributed by atoms with Crippen molar-refractivity contribution in [1.82, 2.24) is 10.1 Å². The first kappa shape index (κ1) is 23.0. The number of benzene rings is 2. The second-order valence-corrected chi connectivity index (χ2v) is 9.45. The molecule has 184 valence electrons. The largest absolute Gasteiger partial charge is 0.494 e. The Bertz CT molecular complexity index is 1250. The summed E-state index contributed by atoms with van der Waals surface area (Å²) in [4.78, 5) is 24.3. The van der Waals surface area contributed by atoms with Gasteiger partial charge in [0.2, 0.25) is 0 Å². The van der Waals surface area contributed by atoms with Gasteiger partial charge in [0.05, 0.1) is 6.61 Å². The first-order chi connectivity index (χ1) is 16.9. The number of nitrogens with two attached hydrogens (primary N) is 1. The second-order valence-electron chi connectivity index (χ2n) is 9.45. The summed E-state index contributed by atoms with van der Waals surface area (Å²) in [6.45, 7) is 3.56. The van der Waals surface area contributed by atoms with Gasteiger partial charge in [0.25, 0.3) is 5.91 Å². The zero-order valence-electron chi connectivity index (χ0n) is 19.6. The number of piperidine rings is 1. The van der Waals surface area contributed by atoms with Gasteiger partial charge in [-0.25, -0.2) is 4.79 Å². The third-order valence-corrected chi connectivity index (χ3v) is 7.49. The van der Waals surface area contributed by atoms with Crippen molar-refractivity contribution < 1.29 is 28.7 Å². The second kappa shape index (κ2) is 9.13. The number of hydrogen-bond donors (Lipinski definition) is 2. The Hall–Kier alpha value is -3.75. The van der Waals surface area contributed by atoms with Gasteiger partial charge in [-0.05, 0) is 66.6 Å². The van der Waals surface area contributed by atoms with Gasteiger partial charge in [0.15, 0.2) is 5.69 Å². The van der Waals surface area contributed by atoms with E-state index in [4.69, 9.17) is 19.7 Å². The molecule has 1 saturated carbocycles. The monoisotopic (exact) mass is 479 g/mol. The van der Waals surface area contributed by atoms with E-state index in [-0.39, 0.29) is 23.1 Å². The number of carbonyl (C=O) groups excluding carboxylic acids is 1. The summed E-state index contributed by atoms with van der Waals surface area (Å²) < 4.78 is 17.5. The van der Waals surface area contributed by atoms with E-state index >= 15 is 0 Å². The molecule has 2 unspecified atom stereocenters. The fraction of sp³-hybridized carbons (Fsp3) is 0.423. The van der Waals surface area contributed by atoms with Crippen molar-refractivity contribution >= 4 is 22.8 Å². The van der Waals surface area contributed by atoms with E-state index in [0.29, 0.717) is 31.9 Å².